The number of amides is 1. The van der Waals surface area contributed by atoms with Crippen LogP contribution in [0.2, 0.25) is 0 Å². The average Bonchev–Trinajstić information content (AvgIpc) is 2.73. The fourth-order valence-corrected chi connectivity index (χ4v) is 2.66. The van der Waals surface area contributed by atoms with Crippen molar-refractivity contribution in [2.24, 2.45) is 0 Å². The van der Waals surface area contributed by atoms with E-state index in [0.29, 0.717) is 5.69 Å². The fourth-order valence-electron chi connectivity index (χ4n) is 2.66. The second-order valence-electron chi connectivity index (χ2n) is 5.20. The highest BCUT2D eigenvalue weighted by Gasteiger charge is 2.27. The molecule has 0 saturated carbocycles. The van der Waals surface area contributed by atoms with Crippen LogP contribution >= 0.6 is 0 Å². The van der Waals surface area contributed by atoms with Gasteiger partial charge in [0.05, 0.1) is 22.8 Å². The van der Waals surface area contributed by atoms with E-state index in [1.165, 1.54) is 0 Å². The molecule has 1 aromatic heterocycles. The molecular weight excluding hydrogens is 266 g/mol. The zero-order valence-corrected chi connectivity index (χ0v) is 12.3. The van der Waals surface area contributed by atoms with Gasteiger partial charge in [0.2, 0.25) is 5.91 Å². The number of anilines is 4. The smallest absolute Gasteiger partial charge is 0.244 e. The maximum atomic E-state index is 12.0. The zero-order valence-electron chi connectivity index (χ0n) is 12.3. The lowest BCUT2D eigenvalue weighted by atomic mass is 10.2. The van der Waals surface area contributed by atoms with Crippen LogP contribution in [0.1, 0.15) is 19.0 Å². The maximum absolute atomic E-state index is 12.0. The number of nitrogen functional groups attached to an aromatic ring is 1. The summed E-state index contributed by atoms with van der Waals surface area (Å²) in [4.78, 5) is 13.9. The van der Waals surface area contributed by atoms with Gasteiger partial charge in [-0.05, 0) is 25.5 Å². The summed E-state index contributed by atoms with van der Waals surface area (Å²) in [6.07, 6.45) is 0.954. The lowest BCUT2D eigenvalue weighted by molar-refractivity contribution is -0.115. The molecule has 1 aliphatic heterocycles. The Labute approximate surface area is 123 Å². The number of fused-ring (bicyclic) bond motifs is 1. The molecule has 6 nitrogen and oxygen atoms in total. The Hall–Kier alpha value is -2.50. The fraction of sp³-hybridized carbons (Fsp3) is 0.333. The van der Waals surface area contributed by atoms with Crippen LogP contribution in [0.5, 0.6) is 0 Å². The lowest BCUT2D eigenvalue weighted by Gasteiger charge is -2.31. The third-order valence-corrected chi connectivity index (χ3v) is 3.61. The maximum Gasteiger partial charge on any atom is 0.244 e. The summed E-state index contributed by atoms with van der Waals surface area (Å²) in [5.41, 5.74) is 9.38. The number of nitrogens with zero attached hydrogens (tertiary/aromatic N) is 3. The number of nitrogens with two attached hydrogens (primary N) is 1. The molecule has 0 saturated heterocycles. The van der Waals surface area contributed by atoms with Crippen LogP contribution in [0.3, 0.4) is 0 Å². The molecule has 3 N–H and O–H groups in total. The van der Waals surface area contributed by atoms with Gasteiger partial charge in [-0.15, -0.1) is 0 Å². The molecule has 1 aromatic carbocycles. The number of rotatable bonds is 3. The van der Waals surface area contributed by atoms with E-state index in [-0.39, 0.29) is 12.5 Å². The third kappa shape index (κ3) is 2.22. The number of carbonyl (C=O) groups excluding carboxylic acids is 1. The van der Waals surface area contributed by atoms with Gasteiger partial charge in [0.1, 0.15) is 6.54 Å². The number of carbonyl (C=O) groups is 1. The van der Waals surface area contributed by atoms with Crippen molar-refractivity contribution in [2.75, 3.05) is 22.5 Å². The molecule has 0 fully saturated rings. The molecule has 0 aliphatic carbocycles. The van der Waals surface area contributed by atoms with Crippen molar-refractivity contribution in [1.29, 1.82) is 0 Å². The molecule has 0 unspecified atom stereocenters. The molecule has 2 heterocycles. The molecule has 3 rings (SSSR count). The molecule has 0 bridgehead atoms. The van der Waals surface area contributed by atoms with E-state index in [0.717, 1.165) is 35.9 Å². The first-order valence-corrected chi connectivity index (χ1v) is 7.11. The number of aryl methyl sites for hydroxylation is 2. The van der Waals surface area contributed by atoms with Crippen molar-refractivity contribution in [3.8, 4) is 0 Å². The van der Waals surface area contributed by atoms with Crippen LogP contribution in [0, 0.1) is 6.92 Å². The van der Waals surface area contributed by atoms with Crippen molar-refractivity contribution >= 4 is 28.8 Å². The second-order valence-corrected chi connectivity index (χ2v) is 5.20. The van der Waals surface area contributed by atoms with E-state index in [4.69, 9.17) is 5.73 Å². The van der Waals surface area contributed by atoms with Crippen molar-refractivity contribution in [3.05, 3.63) is 30.0 Å². The van der Waals surface area contributed by atoms with Gasteiger partial charge in [-0.25, -0.2) is 4.68 Å². The number of para-hydroxylation sites is 2. The Bertz CT molecular complexity index is 691. The van der Waals surface area contributed by atoms with Gasteiger partial charge in [0.25, 0.3) is 0 Å². The molecule has 1 aliphatic rings. The number of aromatic nitrogens is 2. The van der Waals surface area contributed by atoms with Crippen molar-refractivity contribution in [2.45, 2.75) is 26.8 Å². The largest absolute Gasteiger partial charge is 0.394 e. The van der Waals surface area contributed by atoms with Gasteiger partial charge in [-0.2, -0.15) is 5.10 Å². The Morgan fingerprint density at radius 2 is 2.14 bits per heavy atom. The van der Waals surface area contributed by atoms with Crippen LogP contribution in [-0.2, 0) is 11.3 Å². The minimum atomic E-state index is -0.0463. The van der Waals surface area contributed by atoms with Gasteiger partial charge < -0.3 is 16.0 Å². The molecule has 0 spiro atoms. The molecule has 6 heteroatoms. The predicted octanol–water partition coefficient (Wildman–Crippen LogP) is 2.27. The first-order chi connectivity index (χ1) is 10.1. The highest BCUT2D eigenvalue weighted by molar-refractivity contribution is 6.03. The molecule has 0 radical (unpaired) electrons. The summed E-state index contributed by atoms with van der Waals surface area (Å²) >= 11 is 0. The normalized spacial score (nSPS) is 14.0. The Morgan fingerprint density at radius 3 is 2.90 bits per heavy atom. The zero-order chi connectivity index (χ0) is 15.0. The van der Waals surface area contributed by atoms with E-state index in [2.05, 4.69) is 17.3 Å². The Morgan fingerprint density at radius 1 is 1.38 bits per heavy atom. The van der Waals surface area contributed by atoms with E-state index >= 15 is 0 Å². The predicted molar refractivity (Wildman–Crippen MR) is 83.7 cm³/mol. The molecule has 0 atom stereocenters. The highest BCUT2D eigenvalue weighted by atomic mass is 16.2. The van der Waals surface area contributed by atoms with E-state index in [1.807, 2.05) is 40.8 Å². The van der Waals surface area contributed by atoms with Crippen LogP contribution in [0.25, 0.3) is 0 Å². The van der Waals surface area contributed by atoms with Gasteiger partial charge in [-0.3, -0.25) is 4.79 Å². The van der Waals surface area contributed by atoms with Gasteiger partial charge in [-0.1, -0.05) is 19.1 Å². The Balaban J connectivity index is 2.14. The summed E-state index contributed by atoms with van der Waals surface area (Å²) in [6, 6.07) is 7.73. The molecule has 110 valence electrons. The van der Waals surface area contributed by atoms with Gasteiger partial charge in [0, 0.05) is 6.54 Å². The second kappa shape index (κ2) is 5.12. The Kier molecular flexibility index (Phi) is 3.29. The number of benzene rings is 1. The average molecular weight is 285 g/mol. The number of hydrogen-bond acceptors (Lipinski definition) is 4. The summed E-state index contributed by atoms with van der Waals surface area (Å²) in [6.45, 7) is 5.00. The third-order valence-electron chi connectivity index (χ3n) is 3.61. The first-order valence-electron chi connectivity index (χ1n) is 7.11. The van der Waals surface area contributed by atoms with Crippen molar-refractivity contribution in [1.82, 2.24) is 9.78 Å². The monoisotopic (exact) mass is 285 g/mol. The minimum absolute atomic E-state index is 0.0463. The van der Waals surface area contributed by atoms with Crippen LogP contribution in [0.4, 0.5) is 22.9 Å². The summed E-state index contributed by atoms with van der Waals surface area (Å²) in [7, 11) is 0. The topological polar surface area (TPSA) is 76.2 Å². The number of nitrogens with one attached hydrogen (secondary N) is 1. The van der Waals surface area contributed by atoms with Crippen LogP contribution in [-0.4, -0.2) is 22.2 Å². The quantitative estimate of drug-likeness (QED) is 0.907. The van der Waals surface area contributed by atoms with Gasteiger partial charge >= 0.3 is 0 Å². The molecule has 2 aromatic rings. The van der Waals surface area contributed by atoms with Crippen molar-refractivity contribution < 1.29 is 4.79 Å². The lowest BCUT2D eigenvalue weighted by Crippen LogP contribution is -2.36. The first kappa shape index (κ1) is 13.5. The van der Waals surface area contributed by atoms with E-state index < -0.39 is 0 Å². The van der Waals surface area contributed by atoms with Crippen LogP contribution < -0.4 is 16.0 Å². The summed E-state index contributed by atoms with van der Waals surface area (Å²) in [5.74, 6) is 0.756. The summed E-state index contributed by atoms with van der Waals surface area (Å²) < 4.78 is 1.89. The highest BCUT2D eigenvalue weighted by Crippen LogP contribution is 2.38. The molecule has 1 amide bonds. The molecule has 21 heavy (non-hydrogen) atoms. The van der Waals surface area contributed by atoms with E-state index in [9.17, 15) is 4.79 Å². The standard InChI is InChI=1S/C15H19N5O/c1-3-8-20-15(14(16)10(2)18-20)19-9-13(21)17-11-6-4-5-7-12(11)19/h4-7H,3,8-9,16H2,1-2H3,(H,17,21). The van der Waals surface area contributed by atoms with Gasteiger partial charge in [0.15, 0.2) is 5.82 Å². The van der Waals surface area contributed by atoms with Crippen LogP contribution in [0.15, 0.2) is 24.3 Å². The molecular formula is C15H19N5O. The minimum Gasteiger partial charge on any atom is -0.394 e. The number of hydrogen-bond donors (Lipinski definition) is 2. The summed E-state index contributed by atoms with van der Waals surface area (Å²) in [5, 5.41) is 7.38. The SMILES string of the molecule is CCCn1nc(C)c(N)c1N1CC(=O)Nc2ccccc21. The van der Waals surface area contributed by atoms with E-state index in [1.54, 1.807) is 0 Å². The van der Waals surface area contributed by atoms with Crippen molar-refractivity contribution in [3.63, 3.8) is 0 Å².